The fraction of sp³-hybridized carbons (Fsp3) is 0.706. The summed E-state index contributed by atoms with van der Waals surface area (Å²) in [4.78, 5) is 2.78. The van der Waals surface area contributed by atoms with Crippen LogP contribution < -0.4 is 5.32 Å². The molecule has 0 aliphatic carbocycles. The van der Waals surface area contributed by atoms with Gasteiger partial charge in [0.1, 0.15) is 17.0 Å². The van der Waals surface area contributed by atoms with E-state index in [1.807, 2.05) is 50.9 Å². The largest absolute Gasteiger partial charge is 0.388 e. The van der Waals surface area contributed by atoms with E-state index in [9.17, 15) is 13.2 Å². The van der Waals surface area contributed by atoms with Crippen molar-refractivity contribution >= 4 is 17.2 Å². The minimum absolute atomic E-state index is 0.00741. The maximum atomic E-state index is 10.8. The van der Waals surface area contributed by atoms with Gasteiger partial charge in [-0.1, -0.05) is 39.9 Å². The van der Waals surface area contributed by atoms with Crippen LogP contribution in [0.5, 0.6) is 0 Å². The van der Waals surface area contributed by atoms with E-state index in [-0.39, 0.29) is 12.3 Å². The molecule has 2 unspecified atom stereocenters. The van der Waals surface area contributed by atoms with Crippen LogP contribution in [0.2, 0.25) is 0 Å². The third-order valence-corrected chi connectivity index (χ3v) is 3.22. The van der Waals surface area contributed by atoms with Crippen LogP contribution in [-0.4, -0.2) is 28.4 Å². The van der Waals surface area contributed by atoms with Crippen LogP contribution in [0.25, 0.3) is 0 Å². The Bertz CT molecular complexity index is 409. The number of hydrogen-bond acceptors (Lipinski definition) is 3. The molecule has 0 spiro atoms. The van der Waals surface area contributed by atoms with Crippen LogP contribution in [0.15, 0.2) is 24.2 Å². The molecule has 0 aromatic heterocycles. The first kappa shape index (κ1) is 25.2. The molecule has 1 rings (SSSR count). The maximum absolute atomic E-state index is 10.8. The standard InChI is InChI=1S/C12H20N2OS.C3H5F3.C2H6/c1-5-9(3)15-10(4)14-8-7-12(16)13-11(14)6-2;1-2-3(4,5)6;1-2/h6-10H,5H2,1-4H3,(H,13,16);2H2,1H3;1-2H3/b11-6-;;. The summed E-state index contributed by atoms with van der Waals surface area (Å²) in [6.45, 7) is 13.3. The van der Waals surface area contributed by atoms with Gasteiger partial charge < -0.3 is 15.0 Å². The SMILES string of the molecule is C/C=C1/NC(=S)C=CN1C(C)OC(C)CC.CC.CCC(F)(F)F. The molecule has 0 aromatic carbocycles. The quantitative estimate of drug-likeness (QED) is 0.640. The Kier molecular flexibility index (Phi) is 13.9. The van der Waals surface area contributed by atoms with E-state index in [0.29, 0.717) is 0 Å². The highest BCUT2D eigenvalue weighted by atomic mass is 32.1. The molecule has 1 heterocycles. The number of rotatable bonds is 4. The van der Waals surface area contributed by atoms with Crippen molar-refractivity contribution in [2.24, 2.45) is 0 Å². The van der Waals surface area contributed by atoms with Crippen LogP contribution in [0.4, 0.5) is 13.2 Å². The minimum Gasteiger partial charge on any atom is -0.355 e. The van der Waals surface area contributed by atoms with Crippen LogP contribution in [0.1, 0.15) is 61.3 Å². The van der Waals surface area contributed by atoms with E-state index in [2.05, 4.69) is 19.2 Å². The molecule has 24 heavy (non-hydrogen) atoms. The van der Waals surface area contributed by atoms with Crippen LogP contribution >= 0.6 is 12.2 Å². The molecule has 0 saturated carbocycles. The van der Waals surface area contributed by atoms with Gasteiger partial charge in [0.15, 0.2) is 0 Å². The van der Waals surface area contributed by atoms with E-state index in [0.717, 1.165) is 24.2 Å². The van der Waals surface area contributed by atoms with Crippen molar-refractivity contribution in [3.8, 4) is 0 Å². The summed E-state index contributed by atoms with van der Waals surface area (Å²) in [6, 6.07) is 0. The van der Waals surface area contributed by atoms with Gasteiger partial charge in [-0.25, -0.2) is 0 Å². The van der Waals surface area contributed by atoms with Gasteiger partial charge in [-0.2, -0.15) is 13.2 Å². The lowest BCUT2D eigenvalue weighted by Gasteiger charge is -2.34. The van der Waals surface area contributed by atoms with Crippen molar-refractivity contribution in [2.45, 2.75) is 79.8 Å². The van der Waals surface area contributed by atoms with Gasteiger partial charge in [0.25, 0.3) is 0 Å². The monoisotopic (exact) mass is 368 g/mol. The number of halogens is 3. The lowest BCUT2D eigenvalue weighted by Crippen LogP contribution is -2.41. The molecule has 0 amide bonds. The highest BCUT2D eigenvalue weighted by Crippen LogP contribution is 2.17. The van der Waals surface area contributed by atoms with Gasteiger partial charge in [-0.05, 0) is 39.3 Å². The molecule has 0 saturated heterocycles. The predicted octanol–water partition coefficient (Wildman–Crippen LogP) is 5.74. The third kappa shape index (κ3) is 11.5. The minimum atomic E-state index is -3.96. The first-order chi connectivity index (χ1) is 11.1. The summed E-state index contributed by atoms with van der Waals surface area (Å²) in [5.41, 5.74) is 0. The molecule has 0 bridgehead atoms. The number of hydrogen-bond donors (Lipinski definition) is 1. The average Bonchev–Trinajstić information content (AvgIpc) is 2.56. The first-order valence-electron chi connectivity index (χ1n) is 8.30. The van der Waals surface area contributed by atoms with E-state index in [1.165, 1.54) is 0 Å². The summed E-state index contributed by atoms with van der Waals surface area (Å²) >= 11 is 5.09. The number of nitrogens with one attached hydrogen (secondary N) is 1. The van der Waals surface area contributed by atoms with Crippen LogP contribution in [-0.2, 0) is 4.74 Å². The molecular weight excluding hydrogens is 337 g/mol. The summed E-state index contributed by atoms with van der Waals surface area (Å²) in [5.74, 6) is 0.975. The number of nitrogens with zero attached hydrogens (tertiary/aromatic N) is 1. The van der Waals surface area contributed by atoms with E-state index in [4.69, 9.17) is 17.0 Å². The van der Waals surface area contributed by atoms with Crippen LogP contribution in [0.3, 0.4) is 0 Å². The summed E-state index contributed by atoms with van der Waals surface area (Å²) in [5, 5.41) is 3.14. The fourth-order valence-corrected chi connectivity index (χ4v) is 1.66. The Labute approximate surface area is 149 Å². The van der Waals surface area contributed by atoms with Crippen molar-refractivity contribution in [1.29, 1.82) is 0 Å². The first-order valence-corrected chi connectivity index (χ1v) is 8.71. The third-order valence-electron chi connectivity index (χ3n) is 2.99. The summed E-state index contributed by atoms with van der Waals surface area (Å²) < 4.78 is 38.2. The van der Waals surface area contributed by atoms with Crippen molar-refractivity contribution in [3.05, 3.63) is 24.2 Å². The molecule has 3 nitrogen and oxygen atoms in total. The topological polar surface area (TPSA) is 24.5 Å². The molecule has 1 N–H and O–H groups in total. The number of thiocarbonyl (C=S) groups is 1. The zero-order chi connectivity index (χ0) is 19.3. The van der Waals surface area contributed by atoms with Gasteiger partial charge in [-0.3, -0.25) is 0 Å². The zero-order valence-electron chi connectivity index (χ0n) is 15.7. The lowest BCUT2D eigenvalue weighted by molar-refractivity contribution is -0.130. The van der Waals surface area contributed by atoms with Crippen LogP contribution in [0, 0.1) is 0 Å². The molecule has 7 heteroatoms. The second kappa shape index (κ2) is 13.2. The second-order valence-corrected chi connectivity index (χ2v) is 5.25. The molecule has 142 valence electrons. The Balaban J connectivity index is 0. The highest BCUT2D eigenvalue weighted by molar-refractivity contribution is 7.80. The Morgan fingerprint density at radius 1 is 1.29 bits per heavy atom. The number of ether oxygens (including phenoxy) is 1. The number of allylic oxidation sites excluding steroid dienone is 1. The average molecular weight is 369 g/mol. The zero-order valence-corrected chi connectivity index (χ0v) is 16.5. The molecular formula is C17H31F3N2OS. The van der Waals surface area contributed by atoms with Crippen molar-refractivity contribution in [1.82, 2.24) is 10.2 Å². The summed E-state index contributed by atoms with van der Waals surface area (Å²) in [6.07, 6.45) is 2.42. The smallest absolute Gasteiger partial charge is 0.355 e. The highest BCUT2D eigenvalue weighted by Gasteiger charge is 2.22. The van der Waals surface area contributed by atoms with E-state index >= 15 is 0 Å². The second-order valence-electron chi connectivity index (χ2n) is 4.81. The molecule has 2 atom stereocenters. The predicted molar refractivity (Wildman–Crippen MR) is 98.5 cm³/mol. The van der Waals surface area contributed by atoms with Crippen molar-refractivity contribution in [3.63, 3.8) is 0 Å². The normalized spacial score (nSPS) is 18.0. The van der Waals surface area contributed by atoms with Gasteiger partial charge >= 0.3 is 6.18 Å². The molecule has 1 aliphatic heterocycles. The van der Waals surface area contributed by atoms with E-state index < -0.39 is 12.6 Å². The van der Waals surface area contributed by atoms with Gasteiger partial charge in [0.05, 0.1) is 6.10 Å². The maximum Gasteiger partial charge on any atom is 0.388 e. The van der Waals surface area contributed by atoms with Gasteiger partial charge in [0.2, 0.25) is 0 Å². The van der Waals surface area contributed by atoms with Gasteiger partial charge in [-0.15, -0.1) is 0 Å². The van der Waals surface area contributed by atoms with Crippen molar-refractivity contribution < 1.29 is 17.9 Å². The number of alkyl halides is 3. The van der Waals surface area contributed by atoms with E-state index in [1.54, 1.807) is 0 Å². The Morgan fingerprint density at radius 2 is 1.79 bits per heavy atom. The fourth-order valence-electron chi connectivity index (χ4n) is 1.50. The Morgan fingerprint density at radius 3 is 2.17 bits per heavy atom. The summed E-state index contributed by atoms with van der Waals surface area (Å²) in [7, 11) is 0. The molecule has 0 fully saturated rings. The molecule has 1 aliphatic rings. The Hall–Kier alpha value is -1.08. The van der Waals surface area contributed by atoms with Crippen molar-refractivity contribution in [2.75, 3.05) is 0 Å². The van der Waals surface area contributed by atoms with Gasteiger partial charge in [0, 0.05) is 12.6 Å². The lowest BCUT2D eigenvalue weighted by atomic mass is 10.3. The molecule has 0 aromatic rings. The molecule has 0 radical (unpaired) electrons.